The molecule has 0 bridgehead atoms. The first kappa shape index (κ1) is 27.5. The first-order valence-corrected chi connectivity index (χ1v) is 14.7. The molecule has 2 unspecified atom stereocenters. The molecule has 2 aromatic heterocycles. The number of benzene rings is 2. The molecule has 7 rings (SSSR count). The number of hydrogen-bond donors (Lipinski definition) is 0. The summed E-state index contributed by atoms with van der Waals surface area (Å²) in [7, 11) is 1.39. The molecule has 3 aliphatic rings. The zero-order valence-corrected chi connectivity index (χ0v) is 23.9. The number of piperidine rings is 1. The van der Waals surface area contributed by atoms with Crippen LogP contribution in [0.1, 0.15) is 51.8 Å². The predicted octanol–water partition coefficient (Wildman–Crippen LogP) is 4.83. The van der Waals surface area contributed by atoms with Gasteiger partial charge in [-0.15, -0.1) is 0 Å². The van der Waals surface area contributed by atoms with Gasteiger partial charge in [0, 0.05) is 42.9 Å². The predicted molar refractivity (Wildman–Crippen MR) is 155 cm³/mol. The van der Waals surface area contributed by atoms with E-state index in [1.54, 1.807) is 24.3 Å². The van der Waals surface area contributed by atoms with E-state index in [0.717, 1.165) is 61.6 Å². The van der Waals surface area contributed by atoms with Crippen LogP contribution in [0, 0.1) is 29.0 Å². The first-order valence-electron chi connectivity index (χ1n) is 14.7. The van der Waals surface area contributed by atoms with Crippen LogP contribution >= 0.6 is 0 Å². The molecule has 4 aromatic rings. The second-order valence-corrected chi connectivity index (χ2v) is 11.6. The van der Waals surface area contributed by atoms with Crippen molar-refractivity contribution in [1.29, 1.82) is 5.26 Å². The van der Waals surface area contributed by atoms with Crippen molar-refractivity contribution in [2.45, 2.75) is 44.6 Å². The van der Waals surface area contributed by atoms with Crippen LogP contribution in [0.2, 0.25) is 0 Å². The zero-order chi connectivity index (χ0) is 29.5. The summed E-state index contributed by atoms with van der Waals surface area (Å²) in [4.78, 5) is 24.4. The Hall–Kier alpha value is -4.33. The largest absolute Gasteiger partial charge is 0.473 e. The van der Waals surface area contributed by atoms with Gasteiger partial charge in [0.1, 0.15) is 18.2 Å². The van der Waals surface area contributed by atoms with E-state index in [-0.39, 0.29) is 24.2 Å². The molecule has 0 spiro atoms. The summed E-state index contributed by atoms with van der Waals surface area (Å²) in [5.41, 5.74) is 3.98. The smallest absolute Gasteiger partial charge is 0.337 e. The van der Waals surface area contributed by atoms with Gasteiger partial charge in [-0.3, -0.25) is 4.90 Å². The molecule has 4 heterocycles. The number of esters is 1. The Labute approximate surface area is 248 Å². The number of nitriles is 1. The highest BCUT2D eigenvalue weighted by Crippen LogP contribution is 2.58. The summed E-state index contributed by atoms with van der Waals surface area (Å²) in [6.07, 6.45) is 2.22. The lowest BCUT2D eigenvalue weighted by Gasteiger charge is -2.21. The molecule has 3 fully saturated rings. The average Bonchev–Trinajstić information content (AvgIpc) is 3.42. The van der Waals surface area contributed by atoms with Crippen LogP contribution in [0.3, 0.4) is 0 Å². The molecule has 2 saturated heterocycles. The van der Waals surface area contributed by atoms with E-state index < -0.39 is 5.82 Å². The fourth-order valence-corrected chi connectivity index (χ4v) is 6.70. The number of methoxy groups -OCH3 is 1. The van der Waals surface area contributed by atoms with Gasteiger partial charge in [0.25, 0.3) is 0 Å². The Morgan fingerprint density at radius 3 is 2.74 bits per heavy atom. The number of rotatable bonds is 9. The van der Waals surface area contributed by atoms with Gasteiger partial charge in [-0.1, -0.05) is 12.1 Å². The van der Waals surface area contributed by atoms with Crippen LogP contribution < -0.4 is 4.74 Å². The van der Waals surface area contributed by atoms with Crippen molar-refractivity contribution in [2.24, 2.45) is 11.8 Å². The molecule has 9 nitrogen and oxygen atoms in total. The molecule has 220 valence electrons. The van der Waals surface area contributed by atoms with Gasteiger partial charge in [-0.05, 0) is 61.1 Å². The number of carbonyl (C=O) groups is 1. The second kappa shape index (κ2) is 11.4. The molecule has 1 saturated carbocycles. The van der Waals surface area contributed by atoms with Gasteiger partial charge in [0.05, 0.1) is 54.5 Å². The van der Waals surface area contributed by atoms with Gasteiger partial charge >= 0.3 is 5.97 Å². The number of carbonyl (C=O) groups excluding carboxylic acids is 1. The summed E-state index contributed by atoms with van der Waals surface area (Å²) in [6, 6.07) is 17.6. The quantitative estimate of drug-likeness (QED) is 0.259. The minimum atomic E-state index is -0.458. The molecule has 2 aliphatic heterocycles. The Bertz CT molecular complexity index is 1710. The van der Waals surface area contributed by atoms with Crippen molar-refractivity contribution in [3.8, 4) is 11.9 Å². The van der Waals surface area contributed by atoms with Gasteiger partial charge in [0.2, 0.25) is 5.88 Å². The van der Waals surface area contributed by atoms with E-state index in [1.165, 1.54) is 13.2 Å². The van der Waals surface area contributed by atoms with Gasteiger partial charge in [0.15, 0.2) is 0 Å². The molecule has 2 aromatic carbocycles. The lowest BCUT2D eigenvalue weighted by molar-refractivity contribution is 0.0601. The number of nitrogens with zero attached hydrogens (tertiary/aromatic N) is 5. The van der Waals surface area contributed by atoms with Crippen LogP contribution in [0.25, 0.3) is 11.0 Å². The van der Waals surface area contributed by atoms with E-state index in [1.807, 2.05) is 30.3 Å². The monoisotopic (exact) mass is 581 g/mol. The van der Waals surface area contributed by atoms with E-state index in [4.69, 9.17) is 29.4 Å². The Morgan fingerprint density at radius 1 is 1.14 bits per heavy atom. The van der Waals surface area contributed by atoms with E-state index in [9.17, 15) is 9.18 Å². The maximum absolute atomic E-state index is 14.3. The standard InChI is InChI=1S/C33H32FN5O4/c1-41-33(40)21-9-10-27-29(13-21)39(15-23-4-3-11-42-23)30(36-27)18-38-16-24-25(17-38)32(24)28-5-2-6-31(37-28)43-19-22-8-7-20(14-35)12-26(22)34/h2,5-10,12-13,23-25,32H,3-4,11,15-19H2,1H3/t23-,24?,25?,32?/m0/s1. The van der Waals surface area contributed by atoms with Crippen molar-refractivity contribution >= 4 is 17.0 Å². The lowest BCUT2D eigenvalue weighted by Crippen LogP contribution is -2.27. The third-order valence-electron chi connectivity index (χ3n) is 8.94. The number of aromatic nitrogens is 3. The van der Waals surface area contributed by atoms with Gasteiger partial charge in [-0.25, -0.2) is 19.2 Å². The normalized spacial score (nSPS) is 22.8. The van der Waals surface area contributed by atoms with E-state index >= 15 is 0 Å². The van der Waals surface area contributed by atoms with Crippen LogP contribution in [0.5, 0.6) is 5.88 Å². The fraction of sp³-hybridized carbons (Fsp3) is 0.394. The molecule has 43 heavy (non-hydrogen) atoms. The van der Waals surface area contributed by atoms with Crippen LogP contribution in [-0.4, -0.2) is 58.3 Å². The maximum atomic E-state index is 14.3. The summed E-state index contributed by atoms with van der Waals surface area (Å²) in [5.74, 6) is 2.04. The van der Waals surface area contributed by atoms with Crippen molar-refractivity contribution in [2.75, 3.05) is 26.8 Å². The first-order chi connectivity index (χ1) is 21.0. The van der Waals surface area contributed by atoms with Crippen LogP contribution in [-0.2, 0) is 29.2 Å². The average molecular weight is 582 g/mol. The highest BCUT2D eigenvalue weighted by Gasteiger charge is 2.57. The Balaban J connectivity index is 1.02. The number of fused-ring (bicyclic) bond motifs is 2. The van der Waals surface area contributed by atoms with Crippen molar-refractivity contribution in [3.05, 3.63) is 88.6 Å². The number of hydrogen-bond acceptors (Lipinski definition) is 8. The minimum Gasteiger partial charge on any atom is -0.473 e. The van der Waals surface area contributed by atoms with Gasteiger partial charge < -0.3 is 18.8 Å². The Kier molecular flexibility index (Phi) is 7.29. The van der Waals surface area contributed by atoms with Crippen molar-refractivity contribution in [3.63, 3.8) is 0 Å². The highest BCUT2D eigenvalue weighted by atomic mass is 19.1. The molecule has 0 radical (unpaired) electrons. The number of imidazole rings is 1. The molecule has 0 amide bonds. The van der Waals surface area contributed by atoms with Crippen molar-refractivity contribution in [1.82, 2.24) is 19.4 Å². The molecular weight excluding hydrogens is 549 g/mol. The summed E-state index contributed by atoms with van der Waals surface area (Å²) in [5, 5.41) is 8.95. The lowest BCUT2D eigenvalue weighted by atomic mass is 10.1. The molecule has 3 atom stereocenters. The van der Waals surface area contributed by atoms with Crippen LogP contribution in [0.15, 0.2) is 54.6 Å². The summed E-state index contributed by atoms with van der Waals surface area (Å²) >= 11 is 0. The van der Waals surface area contributed by atoms with Crippen LogP contribution in [0.4, 0.5) is 4.39 Å². The number of pyridine rings is 1. The van der Waals surface area contributed by atoms with Crippen molar-refractivity contribution < 1.29 is 23.4 Å². The van der Waals surface area contributed by atoms with E-state index in [2.05, 4.69) is 9.47 Å². The molecule has 10 heteroatoms. The second-order valence-electron chi connectivity index (χ2n) is 11.6. The maximum Gasteiger partial charge on any atom is 0.337 e. The SMILES string of the molecule is COC(=O)c1ccc2nc(CN3CC4C(C3)C4c3cccc(OCc4ccc(C#N)cc4F)n3)n(C[C@@H]3CCCO3)c2c1. The topological polar surface area (TPSA) is 102 Å². The number of ether oxygens (including phenoxy) is 3. The zero-order valence-electron chi connectivity index (χ0n) is 23.9. The minimum absolute atomic E-state index is 0.0489. The number of likely N-dealkylation sites (tertiary alicyclic amines) is 1. The fourth-order valence-electron chi connectivity index (χ4n) is 6.70. The molecule has 1 aliphatic carbocycles. The summed E-state index contributed by atoms with van der Waals surface area (Å²) < 4.78 is 33.2. The number of halogens is 1. The Morgan fingerprint density at radius 2 is 2.00 bits per heavy atom. The van der Waals surface area contributed by atoms with E-state index in [0.29, 0.717) is 41.3 Å². The molecule has 0 N–H and O–H groups in total. The highest BCUT2D eigenvalue weighted by molar-refractivity contribution is 5.93. The third-order valence-corrected chi connectivity index (χ3v) is 8.94. The molecular formula is C33H32FN5O4. The summed E-state index contributed by atoms with van der Waals surface area (Å²) in [6.45, 7) is 4.17. The van der Waals surface area contributed by atoms with Gasteiger partial charge in [-0.2, -0.15) is 5.26 Å². The third kappa shape index (κ3) is 5.46.